The largest absolute Gasteiger partial charge is 0.487 e. The number of allylic oxidation sites excluding steroid dienone is 2. The second-order valence-electron chi connectivity index (χ2n) is 2.25. The quantitative estimate of drug-likeness (QED) is 0.274. The van der Waals surface area contributed by atoms with Gasteiger partial charge in [-0.05, 0) is 26.3 Å². The summed E-state index contributed by atoms with van der Waals surface area (Å²) in [5.74, 6) is -0.143. The summed E-state index contributed by atoms with van der Waals surface area (Å²) in [5, 5.41) is 0. The Balaban J connectivity index is 4.21. The van der Waals surface area contributed by atoms with E-state index in [0.717, 1.165) is 0 Å². The molecular weight excluding hydrogens is 168 g/mol. The van der Waals surface area contributed by atoms with Gasteiger partial charge in [-0.2, -0.15) is 0 Å². The lowest BCUT2D eigenvalue weighted by atomic mass is 10.3. The Morgan fingerprint density at radius 1 is 1.31 bits per heavy atom. The number of ether oxygens (including phenoxy) is 2. The predicted octanol–water partition coefficient (Wildman–Crippen LogP) is 2.05. The highest BCUT2D eigenvalue weighted by Gasteiger charge is 2.09. The molecule has 74 valence electrons. The maximum atomic E-state index is 11.2. The number of carbonyl (C=O) groups is 1. The highest BCUT2D eigenvalue weighted by atomic mass is 16.6. The van der Waals surface area contributed by atoms with E-state index in [9.17, 15) is 4.79 Å². The summed E-state index contributed by atoms with van der Waals surface area (Å²) < 4.78 is 9.88. The molecule has 0 radical (unpaired) electrons. The molecule has 3 nitrogen and oxygen atoms in total. The van der Waals surface area contributed by atoms with Crippen LogP contribution in [0.2, 0.25) is 0 Å². The van der Waals surface area contributed by atoms with Gasteiger partial charge in [-0.25, -0.2) is 4.79 Å². The summed E-state index contributed by atoms with van der Waals surface area (Å²) in [5.41, 5.74) is 0. The number of esters is 1. The van der Waals surface area contributed by atoms with E-state index in [0.29, 0.717) is 19.6 Å². The third kappa shape index (κ3) is 5.06. The van der Waals surface area contributed by atoms with Crippen LogP contribution in [0.4, 0.5) is 0 Å². The number of hydrogen-bond donors (Lipinski definition) is 0. The van der Waals surface area contributed by atoms with Crippen LogP contribution in [0.5, 0.6) is 0 Å². The van der Waals surface area contributed by atoms with E-state index in [4.69, 9.17) is 9.47 Å². The molecule has 0 aliphatic rings. The molecule has 0 spiro atoms. The lowest BCUT2D eigenvalue weighted by molar-refractivity contribution is -0.142. The second kappa shape index (κ2) is 7.40. The van der Waals surface area contributed by atoms with E-state index in [-0.39, 0.29) is 5.76 Å². The number of rotatable bonds is 6. The Morgan fingerprint density at radius 2 is 1.92 bits per heavy atom. The molecule has 0 fully saturated rings. The van der Waals surface area contributed by atoms with Gasteiger partial charge in [0.15, 0.2) is 0 Å². The van der Waals surface area contributed by atoms with Crippen molar-refractivity contribution in [2.75, 3.05) is 13.2 Å². The van der Waals surface area contributed by atoms with Crippen LogP contribution in [0.25, 0.3) is 0 Å². The molecule has 3 heteroatoms. The zero-order valence-electron chi connectivity index (χ0n) is 8.21. The van der Waals surface area contributed by atoms with Gasteiger partial charge in [-0.1, -0.05) is 6.08 Å². The van der Waals surface area contributed by atoms with E-state index in [1.54, 1.807) is 19.1 Å². The Kier molecular flexibility index (Phi) is 6.69. The molecule has 0 bridgehead atoms. The molecule has 0 amide bonds. The van der Waals surface area contributed by atoms with Gasteiger partial charge in [0.25, 0.3) is 0 Å². The minimum Gasteiger partial charge on any atom is -0.487 e. The Morgan fingerprint density at radius 3 is 2.38 bits per heavy atom. The van der Waals surface area contributed by atoms with Gasteiger partial charge in [-0.3, -0.25) is 0 Å². The third-order valence-corrected chi connectivity index (χ3v) is 1.25. The summed E-state index contributed by atoms with van der Waals surface area (Å²) >= 11 is 0. The predicted molar refractivity (Wildman–Crippen MR) is 51.2 cm³/mol. The molecule has 0 heterocycles. The van der Waals surface area contributed by atoms with Crippen molar-refractivity contribution in [2.45, 2.75) is 20.3 Å². The standard InChI is InChI=1S/C10H16O3/c1-4-7-8-9(12-5-2)10(11)13-6-3/h4,8H,1,5-7H2,2-3H3. The smallest absolute Gasteiger partial charge is 0.373 e. The van der Waals surface area contributed by atoms with Crippen LogP contribution < -0.4 is 0 Å². The van der Waals surface area contributed by atoms with Gasteiger partial charge < -0.3 is 9.47 Å². The van der Waals surface area contributed by atoms with Gasteiger partial charge >= 0.3 is 5.97 Å². The fraction of sp³-hybridized carbons (Fsp3) is 0.500. The van der Waals surface area contributed by atoms with E-state index in [2.05, 4.69) is 6.58 Å². The van der Waals surface area contributed by atoms with Gasteiger partial charge in [0.2, 0.25) is 5.76 Å². The van der Waals surface area contributed by atoms with Crippen molar-refractivity contribution in [2.24, 2.45) is 0 Å². The first-order valence-electron chi connectivity index (χ1n) is 4.37. The van der Waals surface area contributed by atoms with Gasteiger partial charge in [0, 0.05) is 0 Å². The van der Waals surface area contributed by atoms with Crippen molar-refractivity contribution in [1.29, 1.82) is 0 Å². The first kappa shape index (κ1) is 11.8. The van der Waals surface area contributed by atoms with E-state index < -0.39 is 5.97 Å². The monoisotopic (exact) mass is 184 g/mol. The summed E-state index contributed by atoms with van der Waals surface area (Å²) in [6.07, 6.45) is 3.96. The molecule has 0 aromatic rings. The van der Waals surface area contributed by atoms with E-state index in [1.165, 1.54) is 0 Å². The molecule has 0 aliphatic carbocycles. The molecule has 0 saturated carbocycles. The number of carbonyl (C=O) groups excluding carboxylic acids is 1. The molecule has 0 aromatic carbocycles. The molecule has 0 rings (SSSR count). The van der Waals surface area contributed by atoms with Crippen molar-refractivity contribution < 1.29 is 14.3 Å². The lowest BCUT2D eigenvalue weighted by Crippen LogP contribution is -2.10. The maximum absolute atomic E-state index is 11.2. The fourth-order valence-corrected chi connectivity index (χ4v) is 0.749. The average Bonchev–Trinajstić information content (AvgIpc) is 2.12. The van der Waals surface area contributed by atoms with Crippen molar-refractivity contribution >= 4 is 5.97 Å². The van der Waals surface area contributed by atoms with E-state index in [1.807, 2.05) is 6.92 Å². The van der Waals surface area contributed by atoms with Gasteiger partial charge in [-0.15, -0.1) is 6.58 Å². The first-order chi connectivity index (χ1) is 6.26. The van der Waals surface area contributed by atoms with Crippen molar-refractivity contribution in [3.63, 3.8) is 0 Å². The zero-order valence-corrected chi connectivity index (χ0v) is 8.21. The van der Waals surface area contributed by atoms with Crippen LogP contribution in [0.1, 0.15) is 20.3 Å². The van der Waals surface area contributed by atoms with Gasteiger partial charge in [0.05, 0.1) is 13.2 Å². The topological polar surface area (TPSA) is 35.5 Å². The molecular formula is C10H16O3. The Hall–Kier alpha value is -1.25. The maximum Gasteiger partial charge on any atom is 0.373 e. The van der Waals surface area contributed by atoms with Crippen molar-refractivity contribution in [3.05, 3.63) is 24.5 Å². The van der Waals surface area contributed by atoms with Crippen molar-refractivity contribution in [3.8, 4) is 0 Å². The Labute approximate surface area is 79.0 Å². The van der Waals surface area contributed by atoms with Crippen LogP contribution in [0.15, 0.2) is 24.5 Å². The van der Waals surface area contributed by atoms with Gasteiger partial charge in [0.1, 0.15) is 0 Å². The molecule has 0 N–H and O–H groups in total. The first-order valence-corrected chi connectivity index (χ1v) is 4.37. The van der Waals surface area contributed by atoms with Crippen LogP contribution in [0, 0.1) is 0 Å². The van der Waals surface area contributed by atoms with Crippen LogP contribution >= 0.6 is 0 Å². The molecule has 0 saturated heterocycles. The average molecular weight is 184 g/mol. The Bertz CT molecular complexity index is 194. The summed E-state index contributed by atoms with van der Waals surface area (Å²) in [7, 11) is 0. The normalized spacial score (nSPS) is 10.8. The van der Waals surface area contributed by atoms with Crippen molar-refractivity contribution in [1.82, 2.24) is 0 Å². The second-order valence-corrected chi connectivity index (χ2v) is 2.25. The lowest BCUT2D eigenvalue weighted by Gasteiger charge is -2.06. The summed E-state index contributed by atoms with van der Waals surface area (Å²) in [4.78, 5) is 11.2. The zero-order chi connectivity index (χ0) is 10.1. The molecule has 0 atom stereocenters. The van der Waals surface area contributed by atoms with Crippen LogP contribution in [-0.2, 0) is 14.3 Å². The SMILES string of the molecule is C=CCC=C(OCC)C(=O)OCC. The fourth-order valence-electron chi connectivity index (χ4n) is 0.749. The minimum absolute atomic E-state index is 0.268. The summed E-state index contributed by atoms with van der Waals surface area (Å²) in [6.45, 7) is 7.94. The number of hydrogen-bond acceptors (Lipinski definition) is 3. The minimum atomic E-state index is -0.411. The third-order valence-electron chi connectivity index (χ3n) is 1.25. The molecule has 13 heavy (non-hydrogen) atoms. The molecule has 0 aliphatic heterocycles. The highest BCUT2D eigenvalue weighted by molar-refractivity contribution is 5.86. The molecule has 0 unspecified atom stereocenters. The van der Waals surface area contributed by atoms with Crippen LogP contribution in [-0.4, -0.2) is 19.2 Å². The summed E-state index contributed by atoms with van der Waals surface area (Å²) in [6, 6.07) is 0. The van der Waals surface area contributed by atoms with E-state index >= 15 is 0 Å². The highest BCUT2D eigenvalue weighted by Crippen LogP contribution is 2.02. The molecule has 0 aromatic heterocycles. The van der Waals surface area contributed by atoms with Crippen LogP contribution in [0.3, 0.4) is 0 Å².